The highest BCUT2D eigenvalue weighted by Crippen LogP contribution is 2.28. The van der Waals surface area contributed by atoms with E-state index in [1.165, 1.54) is 18.2 Å². The van der Waals surface area contributed by atoms with E-state index in [4.69, 9.17) is 0 Å². The van der Waals surface area contributed by atoms with Crippen LogP contribution >= 0.6 is 0 Å². The van der Waals surface area contributed by atoms with Crippen molar-refractivity contribution < 1.29 is 21.6 Å². The molecule has 0 aliphatic heterocycles. The predicted octanol–water partition coefficient (Wildman–Crippen LogP) is 4.81. The summed E-state index contributed by atoms with van der Waals surface area (Å²) in [6.07, 6.45) is 0. The normalized spacial score (nSPS) is 11.4. The fourth-order valence-electron chi connectivity index (χ4n) is 2.68. The van der Waals surface area contributed by atoms with Crippen molar-refractivity contribution in [3.05, 3.63) is 95.3 Å². The lowest BCUT2D eigenvalue weighted by Gasteiger charge is -2.25. The standard InChI is InChI=1S/C20H16F3NO2S/c1-14-7-9-17(22)12-20(14)27(25,26)24(18-5-3-2-4-6-18)13-15-8-10-16(21)11-19(15)23/h2-12H,13H2,1H3. The van der Waals surface area contributed by atoms with Gasteiger partial charge in [-0.25, -0.2) is 21.6 Å². The monoisotopic (exact) mass is 391 g/mol. The Labute approximate surface area is 155 Å². The first-order valence-corrected chi connectivity index (χ1v) is 9.51. The van der Waals surface area contributed by atoms with Crippen molar-refractivity contribution in [1.29, 1.82) is 0 Å². The quantitative estimate of drug-likeness (QED) is 0.626. The van der Waals surface area contributed by atoms with E-state index < -0.39 is 27.5 Å². The number of para-hydroxylation sites is 1. The van der Waals surface area contributed by atoms with E-state index >= 15 is 0 Å². The van der Waals surface area contributed by atoms with Crippen LogP contribution in [0.15, 0.2) is 71.6 Å². The van der Waals surface area contributed by atoms with Crippen molar-refractivity contribution in [3.63, 3.8) is 0 Å². The van der Waals surface area contributed by atoms with Gasteiger partial charge in [0, 0.05) is 11.6 Å². The molecule has 140 valence electrons. The maximum atomic E-state index is 14.1. The summed E-state index contributed by atoms with van der Waals surface area (Å²) in [5, 5.41) is 0. The summed E-state index contributed by atoms with van der Waals surface area (Å²) >= 11 is 0. The summed E-state index contributed by atoms with van der Waals surface area (Å²) in [7, 11) is -4.20. The molecule has 7 heteroatoms. The lowest BCUT2D eigenvalue weighted by atomic mass is 10.2. The third-order valence-electron chi connectivity index (χ3n) is 4.09. The smallest absolute Gasteiger partial charge is 0.262 e. The van der Waals surface area contributed by atoms with Gasteiger partial charge in [-0.15, -0.1) is 0 Å². The van der Waals surface area contributed by atoms with Crippen molar-refractivity contribution in [2.24, 2.45) is 0 Å². The van der Waals surface area contributed by atoms with Crippen LogP contribution in [0.25, 0.3) is 0 Å². The van der Waals surface area contributed by atoms with Gasteiger partial charge < -0.3 is 0 Å². The average molecular weight is 391 g/mol. The van der Waals surface area contributed by atoms with E-state index in [1.807, 2.05) is 0 Å². The summed E-state index contributed by atoms with van der Waals surface area (Å²) in [5.41, 5.74) is 0.639. The first-order chi connectivity index (χ1) is 12.8. The fraction of sp³-hybridized carbons (Fsp3) is 0.100. The van der Waals surface area contributed by atoms with Crippen LogP contribution in [0.1, 0.15) is 11.1 Å². The van der Waals surface area contributed by atoms with Gasteiger partial charge in [0.2, 0.25) is 0 Å². The number of hydrogen-bond donors (Lipinski definition) is 0. The molecule has 3 rings (SSSR count). The Kier molecular flexibility index (Phi) is 5.23. The minimum absolute atomic E-state index is 0.00196. The Morgan fingerprint density at radius 3 is 2.15 bits per heavy atom. The molecule has 0 fully saturated rings. The highest BCUT2D eigenvalue weighted by Gasteiger charge is 2.28. The van der Waals surface area contributed by atoms with Crippen molar-refractivity contribution in [3.8, 4) is 0 Å². The molecule has 0 saturated carbocycles. The Hall–Kier alpha value is -2.80. The molecule has 3 aromatic rings. The Morgan fingerprint density at radius 1 is 0.852 bits per heavy atom. The number of anilines is 1. The van der Waals surface area contributed by atoms with Crippen LogP contribution in [-0.2, 0) is 16.6 Å². The molecule has 0 aliphatic carbocycles. The van der Waals surface area contributed by atoms with Gasteiger partial charge in [-0.05, 0) is 42.8 Å². The van der Waals surface area contributed by atoms with Crippen LogP contribution in [0.2, 0.25) is 0 Å². The summed E-state index contributed by atoms with van der Waals surface area (Å²) in [5.74, 6) is -2.31. The van der Waals surface area contributed by atoms with E-state index in [1.54, 1.807) is 37.3 Å². The van der Waals surface area contributed by atoms with Gasteiger partial charge in [-0.3, -0.25) is 4.31 Å². The molecular formula is C20H16F3NO2S. The Bertz CT molecular complexity index is 1070. The third kappa shape index (κ3) is 3.98. The number of halogens is 3. The van der Waals surface area contributed by atoms with E-state index in [-0.39, 0.29) is 22.7 Å². The van der Waals surface area contributed by atoms with Gasteiger partial charge in [0.1, 0.15) is 17.5 Å². The van der Waals surface area contributed by atoms with Crippen molar-refractivity contribution >= 4 is 15.7 Å². The molecule has 0 aliphatic rings. The molecule has 3 nitrogen and oxygen atoms in total. The molecule has 0 radical (unpaired) electrons. The van der Waals surface area contributed by atoms with Gasteiger partial charge in [0.15, 0.2) is 0 Å². The van der Waals surface area contributed by atoms with Crippen molar-refractivity contribution in [1.82, 2.24) is 0 Å². The minimum Gasteiger partial charge on any atom is -0.262 e. The van der Waals surface area contributed by atoms with Crippen LogP contribution in [0, 0.1) is 24.4 Å². The molecule has 0 N–H and O–H groups in total. The zero-order valence-corrected chi connectivity index (χ0v) is 15.2. The molecule has 0 atom stereocenters. The average Bonchev–Trinajstić information content (AvgIpc) is 2.63. The lowest BCUT2D eigenvalue weighted by Crippen LogP contribution is -2.31. The molecule has 0 amide bonds. The molecule has 0 unspecified atom stereocenters. The van der Waals surface area contributed by atoms with E-state index in [9.17, 15) is 21.6 Å². The van der Waals surface area contributed by atoms with Gasteiger partial charge >= 0.3 is 0 Å². The molecule has 0 spiro atoms. The summed E-state index contributed by atoms with van der Waals surface area (Å²) < 4.78 is 68.5. The molecule has 3 aromatic carbocycles. The number of rotatable bonds is 5. The number of aryl methyl sites for hydroxylation is 1. The van der Waals surface area contributed by atoms with Crippen LogP contribution in [-0.4, -0.2) is 8.42 Å². The number of benzene rings is 3. The maximum absolute atomic E-state index is 14.1. The number of hydrogen-bond acceptors (Lipinski definition) is 2. The third-order valence-corrected chi connectivity index (χ3v) is 6.01. The molecule has 27 heavy (non-hydrogen) atoms. The first-order valence-electron chi connectivity index (χ1n) is 8.07. The Morgan fingerprint density at radius 2 is 1.48 bits per heavy atom. The SMILES string of the molecule is Cc1ccc(F)cc1S(=O)(=O)N(Cc1ccc(F)cc1F)c1ccccc1. The van der Waals surface area contributed by atoms with Gasteiger partial charge in [0.05, 0.1) is 17.1 Å². The van der Waals surface area contributed by atoms with Gasteiger partial charge in [-0.2, -0.15) is 0 Å². The minimum atomic E-state index is -4.20. The molecule has 0 aromatic heterocycles. The molecule has 0 heterocycles. The van der Waals surface area contributed by atoms with Gasteiger partial charge in [-0.1, -0.05) is 30.3 Å². The van der Waals surface area contributed by atoms with Crippen molar-refractivity contribution in [2.75, 3.05) is 4.31 Å². The maximum Gasteiger partial charge on any atom is 0.264 e. The fourth-order valence-corrected chi connectivity index (χ4v) is 4.37. The summed E-state index contributed by atoms with van der Waals surface area (Å²) in [4.78, 5) is -0.214. The predicted molar refractivity (Wildman–Crippen MR) is 97.3 cm³/mol. The van der Waals surface area contributed by atoms with Crippen LogP contribution in [0.5, 0.6) is 0 Å². The zero-order valence-electron chi connectivity index (χ0n) is 14.4. The second-order valence-corrected chi connectivity index (χ2v) is 7.82. The topological polar surface area (TPSA) is 37.4 Å². The number of nitrogens with zero attached hydrogens (tertiary/aromatic N) is 1. The summed E-state index contributed by atoms with van der Waals surface area (Å²) in [6.45, 7) is 1.18. The highest BCUT2D eigenvalue weighted by molar-refractivity contribution is 7.92. The second kappa shape index (κ2) is 7.44. The van der Waals surface area contributed by atoms with E-state index in [0.717, 1.165) is 16.4 Å². The lowest BCUT2D eigenvalue weighted by molar-refractivity contribution is 0.568. The summed E-state index contributed by atoms with van der Waals surface area (Å²) in [6, 6.07) is 14.5. The van der Waals surface area contributed by atoms with Crippen LogP contribution in [0.3, 0.4) is 0 Å². The van der Waals surface area contributed by atoms with Crippen LogP contribution < -0.4 is 4.31 Å². The second-order valence-electron chi connectivity index (χ2n) is 5.99. The molecular weight excluding hydrogens is 375 g/mol. The van der Waals surface area contributed by atoms with Crippen LogP contribution in [0.4, 0.5) is 18.9 Å². The van der Waals surface area contributed by atoms with E-state index in [2.05, 4.69) is 0 Å². The van der Waals surface area contributed by atoms with Gasteiger partial charge in [0.25, 0.3) is 10.0 Å². The zero-order chi connectivity index (χ0) is 19.6. The molecule has 0 bridgehead atoms. The van der Waals surface area contributed by atoms with Crippen molar-refractivity contribution in [2.45, 2.75) is 18.4 Å². The molecule has 0 saturated heterocycles. The number of sulfonamides is 1. The first kappa shape index (κ1) is 19.0. The van der Waals surface area contributed by atoms with E-state index in [0.29, 0.717) is 11.6 Å². The highest BCUT2D eigenvalue weighted by atomic mass is 32.2. The largest absolute Gasteiger partial charge is 0.264 e. The Balaban J connectivity index is 2.14.